The molecule has 110 valence electrons. The number of hydrogen-bond donors (Lipinski definition) is 2. The number of nitrogens with one attached hydrogen (secondary N) is 1. The Morgan fingerprint density at radius 2 is 1.81 bits per heavy atom. The molecule has 0 aliphatic rings. The average Bonchev–Trinajstić information content (AvgIpc) is 2.45. The molecule has 0 saturated carbocycles. The third kappa shape index (κ3) is 4.39. The average molecular weight is 286 g/mol. The van der Waals surface area contributed by atoms with Crippen molar-refractivity contribution < 1.29 is 9.18 Å². The molecule has 2 aromatic carbocycles. The summed E-state index contributed by atoms with van der Waals surface area (Å²) < 4.78 is 13.5. The van der Waals surface area contributed by atoms with Gasteiger partial charge in [-0.15, -0.1) is 0 Å². The van der Waals surface area contributed by atoms with Crippen LogP contribution in [0, 0.1) is 5.82 Å². The Balaban J connectivity index is 2.29. The number of amides is 1. The number of primary amides is 1. The molecule has 0 saturated heterocycles. The first-order valence-electron chi connectivity index (χ1n) is 6.91. The highest BCUT2D eigenvalue weighted by molar-refractivity contribution is 5.74. The molecule has 1 amide bonds. The van der Waals surface area contributed by atoms with Crippen LogP contribution in [0.15, 0.2) is 54.6 Å². The van der Waals surface area contributed by atoms with Gasteiger partial charge in [-0.1, -0.05) is 42.5 Å². The molecule has 2 rings (SSSR count). The molecular weight excluding hydrogens is 267 g/mol. The van der Waals surface area contributed by atoms with E-state index in [1.54, 1.807) is 6.07 Å². The van der Waals surface area contributed by atoms with Gasteiger partial charge in [0.1, 0.15) is 5.82 Å². The number of rotatable bonds is 6. The number of carbonyl (C=O) groups is 1. The molecule has 2 aromatic rings. The smallest absolute Gasteiger partial charge is 0.218 e. The lowest BCUT2D eigenvalue weighted by molar-refractivity contribution is -0.118. The van der Waals surface area contributed by atoms with Crippen LogP contribution < -0.4 is 11.1 Å². The van der Waals surface area contributed by atoms with Gasteiger partial charge in [-0.25, -0.2) is 4.39 Å². The molecule has 0 heterocycles. The Hall–Kier alpha value is -2.20. The van der Waals surface area contributed by atoms with Crippen LogP contribution in [-0.2, 0) is 4.79 Å². The quantitative estimate of drug-likeness (QED) is 0.858. The summed E-state index contributed by atoms with van der Waals surface area (Å²) in [6.07, 6.45) is 0.235. The summed E-state index contributed by atoms with van der Waals surface area (Å²) in [4.78, 5) is 11.0. The molecule has 2 unspecified atom stereocenters. The highest BCUT2D eigenvalue weighted by atomic mass is 19.1. The summed E-state index contributed by atoms with van der Waals surface area (Å²) >= 11 is 0. The molecule has 0 aliphatic carbocycles. The molecule has 0 radical (unpaired) electrons. The van der Waals surface area contributed by atoms with Crippen molar-refractivity contribution in [3.8, 4) is 0 Å². The van der Waals surface area contributed by atoms with Crippen molar-refractivity contribution in [3.05, 3.63) is 71.5 Å². The summed E-state index contributed by atoms with van der Waals surface area (Å²) in [7, 11) is 0. The Bertz CT molecular complexity index is 601. The summed E-state index contributed by atoms with van der Waals surface area (Å²) in [6, 6.07) is 15.9. The van der Waals surface area contributed by atoms with Crippen molar-refractivity contribution in [2.45, 2.75) is 25.4 Å². The van der Waals surface area contributed by atoms with E-state index in [4.69, 9.17) is 5.73 Å². The Morgan fingerprint density at radius 3 is 2.43 bits per heavy atom. The SMILES string of the molecule is CC(CC(N)=O)NC(c1ccccc1)c1cccc(F)c1. The standard InChI is InChI=1S/C17H19FN2O/c1-12(10-16(19)21)20-17(13-6-3-2-4-7-13)14-8-5-9-15(18)11-14/h2-9,11-12,17,20H,10H2,1H3,(H2,19,21). The van der Waals surface area contributed by atoms with Crippen molar-refractivity contribution in [2.75, 3.05) is 0 Å². The monoisotopic (exact) mass is 286 g/mol. The molecule has 3 nitrogen and oxygen atoms in total. The van der Waals surface area contributed by atoms with Crippen molar-refractivity contribution in [2.24, 2.45) is 5.73 Å². The molecule has 3 N–H and O–H groups in total. The molecule has 2 atom stereocenters. The van der Waals surface area contributed by atoms with Gasteiger partial charge >= 0.3 is 0 Å². The molecule has 0 fully saturated rings. The summed E-state index contributed by atoms with van der Waals surface area (Å²) in [6.45, 7) is 1.89. The van der Waals surface area contributed by atoms with E-state index in [1.807, 2.05) is 43.3 Å². The predicted molar refractivity (Wildman–Crippen MR) is 81.1 cm³/mol. The Kier molecular flexibility index (Phi) is 5.06. The largest absolute Gasteiger partial charge is 0.370 e. The maximum Gasteiger partial charge on any atom is 0.218 e. The third-order valence-electron chi connectivity index (χ3n) is 3.27. The highest BCUT2D eigenvalue weighted by Crippen LogP contribution is 2.23. The molecule has 0 aromatic heterocycles. The zero-order valence-corrected chi connectivity index (χ0v) is 11.9. The molecule has 0 bridgehead atoms. The first-order chi connectivity index (χ1) is 10.1. The Labute approximate surface area is 124 Å². The highest BCUT2D eigenvalue weighted by Gasteiger charge is 2.17. The lowest BCUT2D eigenvalue weighted by atomic mass is 9.97. The zero-order chi connectivity index (χ0) is 15.2. The van der Waals surface area contributed by atoms with Crippen LogP contribution in [0.3, 0.4) is 0 Å². The minimum Gasteiger partial charge on any atom is -0.370 e. The minimum absolute atomic E-state index is 0.101. The first-order valence-corrected chi connectivity index (χ1v) is 6.91. The fraction of sp³-hybridized carbons (Fsp3) is 0.235. The van der Waals surface area contributed by atoms with E-state index in [-0.39, 0.29) is 30.2 Å². The van der Waals surface area contributed by atoms with Gasteiger partial charge in [-0.3, -0.25) is 4.79 Å². The van der Waals surface area contributed by atoms with Gasteiger partial charge in [-0.2, -0.15) is 0 Å². The molecular formula is C17H19FN2O. The van der Waals surface area contributed by atoms with Crippen LogP contribution in [0.2, 0.25) is 0 Å². The summed E-state index contributed by atoms with van der Waals surface area (Å²) in [5, 5.41) is 3.34. The Morgan fingerprint density at radius 1 is 1.14 bits per heavy atom. The van der Waals surface area contributed by atoms with E-state index in [0.717, 1.165) is 11.1 Å². The second kappa shape index (κ2) is 6.99. The fourth-order valence-corrected chi connectivity index (χ4v) is 2.36. The van der Waals surface area contributed by atoms with Gasteiger partial charge in [0.25, 0.3) is 0 Å². The van der Waals surface area contributed by atoms with Crippen LogP contribution in [0.25, 0.3) is 0 Å². The molecule has 0 aliphatic heterocycles. The minimum atomic E-state index is -0.360. The van der Waals surface area contributed by atoms with Crippen molar-refractivity contribution >= 4 is 5.91 Å². The van der Waals surface area contributed by atoms with E-state index >= 15 is 0 Å². The van der Waals surface area contributed by atoms with E-state index in [1.165, 1.54) is 12.1 Å². The van der Waals surface area contributed by atoms with Crippen LogP contribution in [0.4, 0.5) is 4.39 Å². The van der Waals surface area contributed by atoms with Gasteiger partial charge < -0.3 is 11.1 Å². The van der Waals surface area contributed by atoms with E-state index in [9.17, 15) is 9.18 Å². The lowest BCUT2D eigenvalue weighted by Gasteiger charge is -2.24. The van der Waals surface area contributed by atoms with Crippen LogP contribution in [0.1, 0.15) is 30.5 Å². The van der Waals surface area contributed by atoms with Crippen molar-refractivity contribution in [3.63, 3.8) is 0 Å². The third-order valence-corrected chi connectivity index (χ3v) is 3.27. The van der Waals surface area contributed by atoms with Crippen LogP contribution >= 0.6 is 0 Å². The maximum absolute atomic E-state index is 13.5. The molecule has 0 spiro atoms. The van der Waals surface area contributed by atoms with Crippen molar-refractivity contribution in [1.82, 2.24) is 5.32 Å². The first kappa shape index (κ1) is 15.2. The van der Waals surface area contributed by atoms with E-state index in [0.29, 0.717) is 0 Å². The molecule has 21 heavy (non-hydrogen) atoms. The normalized spacial score (nSPS) is 13.6. The van der Waals surface area contributed by atoms with Crippen molar-refractivity contribution in [1.29, 1.82) is 0 Å². The number of nitrogens with two attached hydrogens (primary N) is 1. The van der Waals surface area contributed by atoms with Crippen LogP contribution in [0.5, 0.6) is 0 Å². The summed E-state index contributed by atoms with van der Waals surface area (Å²) in [5.41, 5.74) is 7.06. The van der Waals surface area contributed by atoms with Gasteiger partial charge in [0.05, 0.1) is 6.04 Å². The van der Waals surface area contributed by atoms with E-state index < -0.39 is 0 Å². The van der Waals surface area contributed by atoms with Gasteiger partial charge in [0.15, 0.2) is 0 Å². The molecule has 4 heteroatoms. The number of hydrogen-bond acceptors (Lipinski definition) is 2. The van der Waals surface area contributed by atoms with E-state index in [2.05, 4.69) is 5.32 Å². The van der Waals surface area contributed by atoms with Gasteiger partial charge in [-0.05, 0) is 30.2 Å². The van der Waals surface area contributed by atoms with Gasteiger partial charge in [0.2, 0.25) is 5.91 Å². The number of halogens is 1. The lowest BCUT2D eigenvalue weighted by Crippen LogP contribution is -2.34. The van der Waals surface area contributed by atoms with Crippen LogP contribution in [-0.4, -0.2) is 11.9 Å². The number of carbonyl (C=O) groups excluding carboxylic acids is 1. The predicted octanol–water partition coefficient (Wildman–Crippen LogP) is 2.77. The number of benzene rings is 2. The second-order valence-electron chi connectivity index (χ2n) is 5.14. The second-order valence-corrected chi connectivity index (χ2v) is 5.14. The summed E-state index contributed by atoms with van der Waals surface area (Å²) in [5.74, 6) is -0.640. The fourth-order valence-electron chi connectivity index (χ4n) is 2.36. The zero-order valence-electron chi connectivity index (χ0n) is 11.9. The maximum atomic E-state index is 13.5. The van der Waals surface area contributed by atoms with Gasteiger partial charge in [0, 0.05) is 12.5 Å². The topological polar surface area (TPSA) is 55.1 Å².